The summed E-state index contributed by atoms with van der Waals surface area (Å²) in [7, 11) is 0. The van der Waals surface area contributed by atoms with Gasteiger partial charge in [-0.1, -0.05) is 5.16 Å². The summed E-state index contributed by atoms with van der Waals surface area (Å²) in [6, 6.07) is 3.80. The van der Waals surface area contributed by atoms with Gasteiger partial charge in [-0.15, -0.1) is 0 Å². The van der Waals surface area contributed by atoms with Gasteiger partial charge in [-0.05, 0) is 30.9 Å². The first-order valence-electron chi connectivity index (χ1n) is 6.43. The molecule has 8 heteroatoms. The van der Waals surface area contributed by atoms with Crippen LogP contribution in [-0.4, -0.2) is 19.9 Å². The van der Waals surface area contributed by atoms with E-state index >= 15 is 0 Å². The first-order valence-corrected chi connectivity index (χ1v) is 7.38. The smallest absolute Gasteiger partial charge is 0.285 e. The summed E-state index contributed by atoms with van der Waals surface area (Å²) in [5, 5.41) is 21.0. The van der Waals surface area contributed by atoms with Gasteiger partial charge in [0.2, 0.25) is 11.7 Å². The summed E-state index contributed by atoms with van der Waals surface area (Å²) in [4.78, 5) is 16.4. The van der Waals surface area contributed by atoms with Crippen molar-refractivity contribution in [2.45, 2.75) is 20.4 Å². The van der Waals surface area contributed by atoms with Crippen LogP contribution in [0.5, 0.6) is 0 Å². The van der Waals surface area contributed by atoms with Crippen molar-refractivity contribution in [1.82, 2.24) is 19.9 Å². The highest BCUT2D eigenvalue weighted by Crippen LogP contribution is 2.18. The van der Waals surface area contributed by atoms with E-state index in [-0.39, 0.29) is 18.0 Å². The Morgan fingerprint density at radius 3 is 2.95 bits per heavy atom. The summed E-state index contributed by atoms with van der Waals surface area (Å²) in [5.41, 5.74) is 1.70. The lowest BCUT2D eigenvalue weighted by atomic mass is 10.1. The Morgan fingerprint density at radius 2 is 2.27 bits per heavy atom. The fourth-order valence-corrected chi connectivity index (χ4v) is 2.60. The first kappa shape index (κ1) is 14.2. The van der Waals surface area contributed by atoms with Crippen molar-refractivity contribution in [3.63, 3.8) is 0 Å². The Bertz CT molecular complexity index is 918. The summed E-state index contributed by atoms with van der Waals surface area (Å²) >= 11 is 1.53. The molecule has 110 valence electrons. The van der Waals surface area contributed by atoms with Crippen LogP contribution < -0.4 is 5.56 Å². The maximum Gasteiger partial charge on any atom is 0.285 e. The number of hydrogen-bond donors (Lipinski definition) is 0. The molecular weight excluding hydrogens is 302 g/mol. The number of nitriles is 1. The molecule has 0 bridgehead atoms. The fourth-order valence-electron chi connectivity index (χ4n) is 1.97. The Labute approximate surface area is 129 Å². The van der Waals surface area contributed by atoms with Gasteiger partial charge in [0.05, 0.1) is 5.69 Å². The third-order valence-electron chi connectivity index (χ3n) is 3.28. The average Bonchev–Trinajstić information content (AvgIpc) is 3.16. The number of thiophene rings is 1. The second kappa shape index (κ2) is 5.54. The van der Waals surface area contributed by atoms with Crippen molar-refractivity contribution in [3.8, 4) is 17.5 Å². The van der Waals surface area contributed by atoms with E-state index in [9.17, 15) is 4.79 Å². The highest BCUT2D eigenvalue weighted by molar-refractivity contribution is 7.08. The van der Waals surface area contributed by atoms with Gasteiger partial charge >= 0.3 is 0 Å². The molecule has 0 saturated heterocycles. The predicted octanol–water partition coefficient (Wildman–Crippen LogP) is 1.89. The molecule has 0 unspecified atom stereocenters. The fraction of sp³-hybridized carbons (Fsp3) is 0.214. The van der Waals surface area contributed by atoms with E-state index in [4.69, 9.17) is 9.78 Å². The van der Waals surface area contributed by atoms with Crippen LogP contribution in [0.25, 0.3) is 11.4 Å². The van der Waals surface area contributed by atoms with Gasteiger partial charge in [-0.3, -0.25) is 4.79 Å². The molecular formula is C14H11N5O2S. The van der Waals surface area contributed by atoms with Crippen LogP contribution in [0, 0.1) is 25.2 Å². The minimum absolute atomic E-state index is 0.0335. The highest BCUT2D eigenvalue weighted by Gasteiger charge is 2.15. The molecule has 0 aliphatic rings. The molecule has 3 heterocycles. The van der Waals surface area contributed by atoms with Crippen LogP contribution in [0.1, 0.15) is 22.7 Å². The van der Waals surface area contributed by atoms with Crippen LogP contribution in [0.3, 0.4) is 0 Å². The molecule has 0 aliphatic heterocycles. The van der Waals surface area contributed by atoms with Crippen LogP contribution in [0.2, 0.25) is 0 Å². The number of hydrogen-bond acceptors (Lipinski definition) is 7. The maximum absolute atomic E-state index is 12.2. The number of rotatable bonds is 3. The van der Waals surface area contributed by atoms with Gasteiger partial charge in [-0.25, -0.2) is 4.68 Å². The second-order valence-corrected chi connectivity index (χ2v) is 5.46. The predicted molar refractivity (Wildman–Crippen MR) is 79.4 cm³/mol. The van der Waals surface area contributed by atoms with E-state index in [1.165, 1.54) is 16.0 Å². The molecule has 0 amide bonds. The molecule has 3 aromatic heterocycles. The number of aromatic nitrogens is 4. The standard InChI is InChI=1S/C14H11N5O2S/c1-8-9(2)17-19(14(20)11(8)5-15)6-12-16-13(18-21-12)10-3-4-22-7-10/h3-4,7H,6H2,1-2H3. The molecule has 0 atom stereocenters. The third-order valence-corrected chi connectivity index (χ3v) is 3.96. The first-order chi connectivity index (χ1) is 10.6. The molecule has 0 saturated carbocycles. The molecule has 0 radical (unpaired) electrons. The van der Waals surface area contributed by atoms with E-state index in [0.29, 0.717) is 17.1 Å². The van der Waals surface area contributed by atoms with Crippen molar-refractivity contribution in [2.24, 2.45) is 0 Å². The minimum Gasteiger partial charge on any atom is -0.337 e. The van der Waals surface area contributed by atoms with Crippen molar-refractivity contribution < 1.29 is 4.52 Å². The number of aryl methyl sites for hydroxylation is 1. The third kappa shape index (κ3) is 2.42. The van der Waals surface area contributed by atoms with Crippen LogP contribution >= 0.6 is 11.3 Å². The highest BCUT2D eigenvalue weighted by atomic mass is 32.1. The largest absolute Gasteiger partial charge is 0.337 e. The molecule has 0 spiro atoms. The lowest BCUT2D eigenvalue weighted by molar-refractivity contribution is 0.362. The lowest BCUT2D eigenvalue weighted by Crippen LogP contribution is -2.28. The van der Waals surface area contributed by atoms with Gasteiger partial charge in [0.25, 0.3) is 5.56 Å². The Morgan fingerprint density at radius 1 is 1.45 bits per heavy atom. The summed E-state index contributed by atoms with van der Waals surface area (Å²) < 4.78 is 6.32. The van der Waals surface area contributed by atoms with Gasteiger partial charge in [-0.2, -0.15) is 26.7 Å². The summed E-state index contributed by atoms with van der Waals surface area (Å²) in [5.74, 6) is 0.733. The second-order valence-electron chi connectivity index (χ2n) is 4.68. The zero-order valence-corrected chi connectivity index (χ0v) is 12.7. The summed E-state index contributed by atoms with van der Waals surface area (Å²) in [6.07, 6.45) is 0. The Kier molecular flexibility index (Phi) is 3.56. The van der Waals surface area contributed by atoms with Crippen molar-refractivity contribution >= 4 is 11.3 Å². The molecule has 0 N–H and O–H groups in total. The van der Waals surface area contributed by atoms with E-state index < -0.39 is 5.56 Å². The van der Waals surface area contributed by atoms with Crippen molar-refractivity contribution in [2.75, 3.05) is 0 Å². The molecule has 7 nitrogen and oxygen atoms in total. The molecule has 0 fully saturated rings. The lowest BCUT2D eigenvalue weighted by Gasteiger charge is -2.06. The zero-order chi connectivity index (χ0) is 15.7. The molecule has 3 rings (SSSR count). The average molecular weight is 313 g/mol. The van der Waals surface area contributed by atoms with Crippen LogP contribution in [-0.2, 0) is 6.54 Å². The zero-order valence-electron chi connectivity index (χ0n) is 11.9. The molecule has 3 aromatic rings. The monoisotopic (exact) mass is 313 g/mol. The Balaban J connectivity index is 1.96. The van der Waals surface area contributed by atoms with Crippen LogP contribution in [0.15, 0.2) is 26.1 Å². The topological polar surface area (TPSA) is 97.6 Å². The van der Waals surface area contributed by atoms with Gasteiger partial charge in [0.1, 0.15) is 18.2 Å². The van der Waals surface area contributed by atoms with Crippen LogP contribution in [0.4, 0.5) is 0 Å². The molecule has 0 aliphatic carbocycles. The van der Waals surface area contributed by atoms with Crippen molar-refractivity contribution in [1.29, 1.82) is 5.26 Å². The van der Waals surface area contributed by atoms with E-state index in [1.54, 1.807) is 13.8 Å². The normalized spacial score (nSPS) is 10.6. The van der Waals surface area contributed by atoms with E-state index in [2.05, 4.69) is 15.2 Å². The number of nitrogens with zero attached hydrogens (tertiary/aromatic N) is 5. The minimum atomic E-state index is -0.458. The SMILES string of the molecule is Cc1nn(Cc2nc(-c3ccsc3)no2)c(=O)c(C#N)c1C. The quantitative estimate of drug-likeness (QED) is 0.732. The van der Waals surface area contributed by atoms with Gasteiger partial charge in [0.15, 0.2) is 0 Å². The molecule has 22 heavy (non-hydrogen) atoms. The van der Waals surface area contributed by atoms with Crippen molar-refractivity contribution in [3.05, 3.63) is 49.9 Å². The van der Waals surface area contributed by atoms with E-state index in [0.717, 1.165) is 5.56 Å². The van der Waals surface area contributed by atoms with Gasteiger partial charge in [0, 0.05) is 10.9 Å². The Hall–Kier alpha value is -2.79. The maximum atomic E-state index is 12.2. The van der Waals surface area contributed by atoms with E-state index in [1.807, 2.05) is 22.9 Å². The molecule has 0 aromatic carbocycles. The van der Waals surface area contributed by atoms with Gasteiger partial charge < -0.3 is 4.52 Å². The summed E-state index contributed by atoms with van der Waals surface area (Å²) in [6.45, 7) is 3.48.